The van der Waals surface area contributed by atoms with Crippen LogP contribution in [0.3, 0.4) is 0 Å². The number of aromatic nitrogens is 1. The molecule has 1 aliphatic carbocycles. The van der Waals surface area contributed by atoms with E-state index in [1.165, 1.54) is 18.4 Å². The van der Waals surface area contributed by atoms with Gasteiger partial charge in [-0.1, -0.05) is 13.0 Å². The maximum atomic E-state index is 9.13. The molecule has 0 saturated heterocycles. The van der Waals surface area contributed by atoms with E-state index in [4.69, 9.17) is 5.11 Å². The summed E-state index contributed by atoms with van der Waals surface area (Å²) in [6, 6.07) is 4.77. The Hall–Kier alpha value is -1.13. The van der Waals surface area contributed by atoms with Gasteiger partial charge >= 0.3 is 0 Å². The summed E-state index contributed by atoms with van der Waals surface area (Å²) >= 11 is 0. The third kappa shape index (κ3) is 3.68. The highest BCUT2D eigenvalue weighted by Crippen LogP contribution is 2.28. The minimum atomic E-state index is 0.231. The summed E-state index contributed by atoms with van der Waals surface area (Å²) in [5.41, 5.74) is 1.23. The van der Waals surface area contributed by atoms with Crippen LogP contribution in [0.5, 0.6) is 0 Å². The van der Waals surface area contributed by atoms with Gasteiger partial charge in [0, 0.05) is 37.4 Å². The molecule has 0 amide bonds. The third-order valence-electron chi connectivity index (χ3n) is 3.26. The van der Waals surface area contributed by atoms with E-state index in [0.717, 1.165) is 31.9 Å². The van der Waals surface area contributed by atoms with Crippen LogP contribution in [0, 0.1) is 0 Å². The quantitative estimate of drug-likeness (QED) is 0.738. The number of aliphatic hydroxyl groups excluding tert-OH is 1. The molecule has 0 spiro atoms. The number of hydrogen-bond acceptors (Lipinski definition) is 4. The van der Waals surface area contributed by atoms with Gasteiger partial charge in [0.2, 0.25) is 0 Å². The highest BCUT2D eigenvalue weighted by atomic mass is 16.3. The number of aliphatic hydroxyl groups is 1. The van der Waals surface area contributed by atoms with Gasteiger partial charge in [-0.05, 0) is 25.3 Å². The zero-order valence-electron chi connectivity index (χ0n) is 11.1. The molecule has 1 saturated carbocycles. The maximum absolute atomic E-state index is 9.13. The molecule has 0 aromatic carbocycles. The molecular weight excluding hydrogens is 226 g/mol. The molecular formula is C14H23N3O. The molecule has 4 heteroatoms. The van der Waals surface area contributed by atoms with E-state index >= 15 is 0 Å². The molecule has 0 unspecified atom stereocenters. The van der Waals surface area contributed by atoms with E-state index in [1.807, 2.05) is 12.3 Å². The van der Waals surface area contributed by atoms with Crippen LogP contribution >= 0.6 is 0 Å². The van der Waals surface area contributed by atoms with Crippen molar-refractivity contribution in [1.29, 1.82) is 0 Å². The van der Waals surface area contributed by atoms with E-state index in [-0.39, 0.29) is 6.61 Å². The van der Waals surface area contributed by atoms with Gasteiger partial charge < -0.3 is 10.4 Å². The second-order valence-electron chi connectivity index (χ2n) is 4.86. The molecule has 1 aliphatic rings. The van der Waals surface area contributed by atoms with Crippen molar-refractivity contribution in [2.75, 3.05) is 25.0 Å². The summed E-state index contributed by atoms with van der Waals surface area (Å²) in [6.07, 6.45) is 5.45. The highest BCUT2D eigenvalue weighted by molar-refractivity contribution is 5.43. The second kappa shape index (κ2) is 6.71. The number of nitrogens with zero attached hydrogens (tertiary/aromatic N) is 2. The number of hydrogen-bond donors (Lipinski definition) is 2. The smallest absolute Gasteiger partial charge is 0.130 e. The van der Waals surface area contributed by atoms with Crippen LogP contribution < -0.4 is 5.32 Å². The molecule has 0 radical (unpaired) electrons. The molecule has 4 nitrogen and oxygen atoms in total. The van der Waals surface area contributed by atoms with E-state index in [0.29, 0.717) is 6.04 Å². The predicted octanol–water partition coefficient (Wildman–Crippen LogP) is 1.86. The molecule has 1 aromatic rings. The van der Waals surface area contributed by atoms with E-state index < -0.39 is 0 Å². The number of pyridine rings is 1. The lowest BCUT2D eigenvalue weighted by Gasteiger charge is -2.22. The largest absolute Gasteiger partial charge is 0.395 e. The van der Waals surface area contributed by atoms with Gasteiger partial charge in [0.1, 0.15) is 5.82 Å². The van der Waals surface area contributed by atoms with Crippen LogP contribution in [0.4, 0.5) is 5.82 Å². The van der Waals surface area contributed by atoms with Crippen LogP contribution in [-0.4, -0.2) is 40.7 Å². The fourth-order valence-electron chi connectivity index (χ4n) is 2.15. The predicted molar refractivity (Wildman–Crippen MR) is 73.5 cm³/mol. The van der Waals surface area contributed by atoms with Gasteiger partial charge in [-0.3, -0.25) is 4.90 Å². The summed E-state index contributed by atoms with van der Waals surface area (Å²) in [5.74, 6) is 0.989. The van der Waals surface area contributed by atoms with Crippen molar-refractivity contribution < 1.29 is 5.11 Å². The maximum Gasteiger partial charge on any atom is 0.130 e. The molecule has 2 rings (SSSR count). The first kappa shape index (κ1) is 13.3. The first-order valence-electron chi connectivity index (χ1n) is 6.87. The van der Waals surface area contributed by atoms with E-state index in [9.17, 15) is 0 Å². The SMILES string of the molecule is CCCNc1ncccc1CN(CCO)C1CC1. The van der Waals surface area contributed by atoms with Gasteiger partial charge in [-0.25, -0.2) is 4.98 Å². The Kier molecular flexibility index (Phi) is 4.96. The van der Waals surface area contributed by atoms with Gasteiger partial charge in [0.15, 0.2) is 0 Å². The van der Waals surface area contributed by atoms with Crippen molar-refractivity contribution in [2.24, 2.45) is 0 Å². The first-order valence-corrected chi connectivity index (χ1v) is 6.87. The molecule has 0 bridgehead atoms. The Bertz CT molecular complexity index is 366. The summed E-state index contributed by atoms with van der Waals surface area (Å²) < 4.78 is 0. The molecule has 1 heterocycles. The summed E-state index contributed by atoms with van der Waals surface area (Å²) in [7, 11) is 0. The van der Waals surface area contributed by atoms with Gasteiger partial charge in [-0.15, -0.1) is 0 Å². The molecule has 0 atom stereocenters. The van der Waals surface area contributed by atoms with Crippen molar-refractivity contribution >= 4 is 5.82 Å². The number of anilines is 1. The van der Waals surface area contributed by atoms with Gasteiger partial charge in [-0.2, -0.15) is 0 Å². The second-order valence-corrected chi connectivity index (χ2v) is 4.86. The lowest BCUT2D eigenvalue weighted by atomic mass is 10.2. The zero-order valence-corrected chi connectivity index (χ0v) is 11.1. The van der Waals surface area contributed by atoms with Gasteiger partial charge in [0.25, 0.3) is 0 Å². The monoisotopic (exact) mass is 249 g/mol. The number of nitrogens with one attached hydrogen (secondary N) is 1. The zero-order chi connectivity index (χ0) is 12.8. The molecule has 1 fully saturated rings. The minimum Gasteiger partial charge on any atom is -0.395 e. The Labute approximate surface area is 109 Å². The van der Waals surface area contributed by atoms with Crippen molar-refractivity contribution in [3.8, 4) is 0 Å². The third-order valence-corrected chi connectivity index (χ3v) is 3.26. The van der Waals surface area contributed by atoms with E-state index in [1.54, 1.807) is 0 Å². The van der Waals surface area contributed by atoms with Crippen LogP contribution in [0.2, 0.25) is 0 Å². The van der Waals surface area contributed by atoms with Crippen molar-refractivity contribution in [1.82, 2.24) is 9.88 Å². The normalized spacial score (nSPS) is 15.1. The van der Waals surface area contributed by atoms with Gasteiger partial charge in [0.05, 0.1) is 6.61 Å². The molecule has 100 valence electrons. The summed E-state index contributed by atoms with van der Waals surface area (Å²) in [4.78, 5) is 6.76. The van der Waals surface area contributed by atoms with Crippen molar-refractivity contribution in [3.05, 3.63) is 23.9 Å². The molecule has 18 heavy (non-hydrogen) atoms. The number of rotatable bonds is 8. The lowest BCUT2D eigenvalue weighted by molar-refractivity contribution is 0.183. The fraction of sp³-hybridized carbons (Fsp3) is 0.643. The fourth-order valence-corrected chi connectivity index (χ4v) is 2.15. The summed E-state index contributed by atoms with van der Waals surface area (Å²) in [5, 5.41) is 12.5. The summed E-state index contributed by atoms with van der Waals surface area (Å²) in [6.45, 7) is 4.97. The standard InChI is InChI=1S/C14H23N3O/c1-2-7-15-14-12(4-3-8-16-14)11-17(9-10-18)13-5-6-13/h3-4,8,13,18H,2,5-7,9-11H2,1H3,(H,15,16). The van der Waals surface area contributed by atoms with Crippen LogP contribution in [0.15, 0.2) is 18.3 Å². The topological polar surface area (TPSA) is 48.4 Å². The highest BCUT2D eigenvalue weighted by Gasteiger charge is 2.28. The van der Waals surface area contributed by atoms with Crippen LogP contribution in [-0.2, 0) is 6.54 Å². The average Bonchev–Trinajstić information content (AvgIpc) is 3.21. The van der Waals surface area contributed by atoms with Crippen LogP contribution in [0.25, 0.3) is 0 Å². The first-order chi connectivity index (χ1) is 8.85. The Morgan fingerprint density at radius 1 is 1.50 bits per heavy atom. The van der Waals surface area contributed by atoms with Crippen LogP contribution in [0.1, 0.15) is 31.7 Å². The Balaban J connectivity index is 2.01. The average molecular weight is 249 g/mol. The van der Waals surface area contributed by atoms with Crippen molar-refractivity contribution in [2.45, 2.75) is 38.8 Å². The molecule has 2 N–H and O–H groups in total. The Morgan fingerprint density at radius 3 is 3.00 bits per heavy atom. The molecule has 0 aliphatic heterocycles. The van der Waals surface area contributed by atoms with E-state index in [2.05, 4.69) is 28.2 Å². The Morgan fingerprint density at radius 2 is 2.33 bits per heavy atom. The van der Waals surface area contributed by atoms with Crippen molar-refractivity contribution in [3.63, 3.8) is 0 Å². The molecule has 1 aromatic heterocycles. The lowest BCUT2D eigenvalue weighted by Crippen LogP contribution is -2.29. The minimum absolute atomic E-state index is 0.231.